The minimum absolute atomic E-state index is 0.0459. The van der Waals surface area contributed by atoms with Gasteiger partial charge in [0.25, 0.3) is 0 Å². The molecule has 8 nitrogen and oxygen atoms in total. The molecule has 0 radical (unpaired) electrons. The van der Waals surface area contributed by atoms with Crippen molar-refractivity contribution < 1.29 is 28.7 Å². The van der Waals surface area contributed by atoms with Gasteiger partial charge in [0.05, 0.1) is 0 Å². The van der Waals surface area contributed by atoms with Gasteiger partial charge in [0.2, 0.25) is 11.8 Å². The standard InChI is InChI=1S/C39H36N2O6S/c1-26-25-48-38-33(37(44)41(38)34(26)39(45)47-36(29-19-10-4-11-20-29)30-21-12-5-13-22-30)40-31(42)23-14-24-32(43)46-35(27-15-6-2-7-16-27)28-17-8-3-9-18-28/h2-13,15-22,33-36,38H,1,14,23-25H2,(H,40,42)/t33-,34?,38+/m1/s1. The number of nitrogens with one attached hydrogen (secondary N) is 1. The Hall–Kier alpha value is -5.15. The van der Waals surface area contributed by atoms with Crippen LogP contribution >= 0.6 is 11.8 Å². The molecule has 2 saturated heterocycles. The van der Waals surface area contributed by atoms with Gasteiger partial charge in [-0.3, -0.25) is 14.4 Å². The molecule has 1 N–H and O–H groups in total. The molecule has 0 aromatic heterocycles. The SMILES string of the molecule is C=C1CS[C@H]2[C@H](NC(=O)CCCC(=O)OC(c3ccccc3)c3ccccc3)C(=O)N2C1C(=O)OC(c1ccccc1)c1ccccc1. The maximum atomic E-state index is 13.7. The van der Waals surface area contributed by atoms with Gasteiger partial charge in [0.15, 0.2) is 18.2 Å². The Morgan fingerprint density at radius 1 is 0.729 bits per heavy atom. The number of thioether (sulfide) groups is 1. The molecule has 3 atom stereocenters. The van der Waals surface area contributed by atoms with Crippen molar-refractivity contribution in [2.24, 2.45) is 0 Å². The second-order valence-corrected chi connectivity index (χ2v) is 12.8. The summed E-state index contributed by atoms with van der Waals surface area (Å²) in [5.74, 6) is -1.26. The molecule has 1 unspecified atom stereocenters. The van der Waals surface area contributed by atoms with Gasteiger partial charge in [-0.15, -0.1) is 11.8 Å². The summed E-state index contributed by atoms with van der Waals surface area (Å²) < 4.78 is 11.9. The number of rotatable bonds is 12. The van der Waals surface area contributed by atoms with Crippen LogP contribution < -0.4 is 5.32 Å². The highest BCUT2D eigenvalue weighted by Gasteiger charge is 2.56. The number of benzene rings is 4. The van der Waals surface area contributed by atoms with E-state index in [1.165, 1.54) is 16.7 Å². The van der Waals surface area contributed by atoms with Gasteiger partial charge < -0.3 is 19.7 Å². The molecule has 2 amide bonds. The topological polar surface area (TPSA) is 102 Å². The smallest absolute Gasteiger partial charge is 0.334 e. The van der Waals surface area contributed by atoms with Gasteiger partial charge >= 0.3 is 11.9 Å². The number of hydrogen-bond donors (Lipinski definition) is 1. The lowest BCUT2D eigenvalue weighted by Crippen LogP contribution is -2.74. The first-order chi connectivity index (χ1) is 23.4. The van der Waals surface area contributed by atoms with Gasteiger partial charge in [-0.25, -0.2) is 4.79 Å². The summed E-state index contributed by atoms with van der Waals surface area (Å²) in [5, 5.41) is 2.38. The first-order valence-electron chi connectivity index (χ1n) is 15.9. The van der Waals surface area contributed by atoms with E-state index < -0.39 is 41.6 Å². The molecule has 4 aromatic carbocycles. The van der Waals surface area contributed by atoms with Crippen LogP contribution in [0.3, 0.4) is 0 Å². The number of β-lactam (4-membered cyclic amide) rings is 1. The lowest BCUT2D eigenvalue weighted by Gasteiger charge is -2.52. The van der Waals surface area contributed by atoms with Gasteiger partial charge in [-0.05, 0) is 34.2 Å². The number of amides is 2. The Kier molecular flexibility index (Phi) is 10.4. The zero-order chi connectivity index (χ0) is 33.5. The van der Waals surface area contributed by atoms with Gasteiger partial charge in [0.1, 0.15) is 11.4 Å². The van der Waals surface area contributed by atoms with Crippen molar-refractivity contribution in [1.82, 2.24) is 10.2 Å². The third-order valence-corrected chi connectivity index (χ3v) is 9.78. The van der Waals surface area contributed by atoms with E-state index in [4.69, 9.17) is 9.47 Å². The zero-order valence-electron chi connectivity index (χ0n) is 26.3. The van der Waals surface area contributed by atoms with E-state index in [-0.39, 0.29) is 31.1 Å². The van der Waals surface area contributed by atoms with E-state index in [1.54, 1.807) is 0 Å². The molecule has 0 aliphatic carbocycles. The molecule has 9 heteroatoms. The Morgan fingerprint density at radius 2 is 1.19 bits per heavy atom. The van der Waals surface area contributed by atoms with Crippen LogP contribution in [0.15, 0.2) is 133 Å². The normalized spacial score (nSPS) is 18.5. The molecule has 0 bridgehead atoms. The number of carbonyl (C=O) groups excluding carboxylic acids is 4. The van der Waals surface area contributed by atoms with Crippen LogP contribution in [0.1, 0.15) is 53.7 Å². The third-order valence-electron chi connectivity index (χ3n) is 8.40. The van der Waals surface area contributed by atoms with E-state index in [0.717, 1.165) is 22.3 Å². The van der Waals surface area contributed by atoms with Gasteiger partial charge in [-0.2, -0.15) is 0 Å². The fourth-order valence-corrected chi connectivity index (χ4v) is 7.30. The second kappa shape index (κ2) is 15.2. The molecule has 244 valence electrons. The van der Waals surface area contributed by atoms with E-state index in [1.807, 2.05) is 121 Å². The highest BCUT2D eigenvalue weighted by Crippen LogP contribution is 2.41. The van der Waals surface area contributed by atoms with Crippen LogP contribution in [-0.2, 0) is 28.7 Å². The monoisotopic (exact) mass is 660 g/mol. The fraction of sp³-hybridized carbons (Fsp3) is 0.231. The molecule has 48 heavy (non-hydrogen) atoms. The average Bonchev–Trinajstić information content (AvgIpc) is 3.13. The maximum absolute atomic E-state index is 13.7. The van der Waals surface area contributed by atoms with Crippen LogP contribution in [-0.4, -0.2) is 51.9 Å². The number of nitrogens with zero attached hydrogens (tertiary/aromatic N) is 1. The minimum atomic E-state index is -0.955. The molecule has 2 heterocycles. The maximum Gasteiger partial charge on any atom is 0.334 e. The number of hydrogen-bond acceptors (Lipinski definition) is 7. The molecule has 2 fully saturated rings. The lowest BCUT2D eigenvalue weighted by atomic mass is 9.97. The molecular formula is C39H36N2O6S. The van der Waals surface area contributed by atoms with Crippen LogP contribution in [0, 0.1) is 0 Å². The average molecular weight is 661 g/mol. The number of fused-ring (bicyclic) bond motifs is 1. The predicted octanol–water partition coefficient (Wildman–Crippen LogP) is 6.15. The van der Waals surface area contributed by atoms with Crippen molar-refractivity contribution in [2.75, 3.05) is 5.75 Å². The summed E-state index contributed by atoms with van der Waals surface area (Å²) in [5.41, 5.74) is 3.90. The van der Waals surface area contributed by atoms with Crippen LogP contribution in [0.25, 0.3) is 0 Å². The van der Waals surface area contributed by atoms with Crippen molar-refractivity contribution in [3.05, 3.63) is 156 Å². The quantitative estimate of drug-likeness (QED) is 0.111. The fourth-order valence-electron chi connectivity index (χ4n) is 6.00. The summed E-state index contributed by atoms with van der Waals surface area (Å²) in [4.78, 5) is 54.2. The van der Waals surface area contributed by atoms with Crippen molar-refractivity contribution >= 4 is 35.5 Å². The molecule has 2 aliphatic rings. The Labute approximate surface area is 284 Å². The van der Waals surface area contributed by atoms with Crippen LogP contribution in [0.2, 0.25) is 0 Å². The van der Waals surface area contributed by atoms with Crippen molar-refractivity contribution in [1.29, 1.82) is 0 Å². The molecular weight excluding hydrogens is 625 g/mol. The van der Waals surface area contributed by atoms with E-state index in [0.29, 0.717) is 11.3 Å². The predicted molar refractivity (Wildman–Crippen MR) is 183 cm³/mol. The zero-order valence-corrected chi connectivity index (χ0v) is 27.1. The van der Waals surface area contributed by atoms with Gasteiger partial charge in [0, 0.05) is 18.6 Å². The Morgan fingerprint density at radius 3 is 1.67 bits per heavy atom. The molecule has 0 saturated carbocycles. The van der Waals surface area contributed by atoms with E-state index in [2.05, 4.69) is 11.9 Å². The molecule has 0 spiro atoms. The number of carbonyl (C=O) groups is 4. The first kappa shape index (κ1) is 32.8. The van der Waals surface area contributed by atoms with Crippen molar-refractivity contribution in [3.63, 3.8) is 0 Å². The van der Waals surface area contributed by atoms with Crippen LogP contribution in [0.5, 0.6) is 0 Å². The number of ether oxygens (including phenoxy) is 2. The molecule has 2 aliphatic heterocycles. The summed E-state index contributed by atoms with van der Waals surface area (Å²) in [6.07, 6.45) is -0.860. The Bertz CT molecular complexity index is 1670. The van der Waals surface area contributed by atoms with E-state index in [9.17, 15) is 19.2 Å². The van der Waals surface area contributed by atoms with Crippen molar-refractivity contribution in [3.8, 4) is 0 Å². The highest BCUT2D eigenvalue weighted by atomic mass is 32.2. The van der Waals surface area contributed by atoms with Gasteiger partial charge in [-0.1, -0.05) is 128 Å². The first-order valence-corrected chi connectivity index (χ1v) is 17.0. The minimum Gasteiger partial charge on any atom is -0.453 e. The lowest BCUT2D eigenvalue weighted by molar-refractivity contribution is -0.165. The summed E-state index contributed by atoms with van der Waals surface area (Å²) >= 11 is 1.45. The summed E-state index contributed by atoms with van der Waals surface area (Å²) in [6, 6.07) is 36.2. The van der Waals surface area contributed by atoms with E-state index >= 15 is 0 Å². The largest absolute Gasteiger partial charge is 0.453 e. The second-order valence-electron chi connectivity index (χ2n) is 11.7. The molecule has 4 aromatic rings. The summed E-state index contributed by atoms with van der Waals surface area (Å²) in [6.45, 7) is 4.08. The summed E-state index contributed by atoms with van der Waals surface area (Å²) in [7, 11) is 0. The Balaban J connectivity index is 1.03. The molecule has 6 rings (SSSR count). The van der Waals surface area contributed by atoms with Crippen LogP contribution in [0.4, 0.5) is 0 Å². The highest BCUT2D eigenvalue weighted by molar-refractivity contribution is 8.00. The third kappa shape index (κ3) is 7.37. The number of esters is 2. The van der Waals surface area contributed by atoms with Crippen molar-refractivity contribution in [2.45, 2.75) is 48.9 Å².